The van der Waals surface area contributed by atoms with Crippen LogP contribution in [0.3, 0.4) is 0 Å². The molecule has 0 bridgehead atoms. The average molecular weight is 258 g/mol. The Morgan fingerprint density at radius 3 is 2.41 bits per heavy atom. The third kappa shape index (κ3) is 15.6. The van der Waals surface area contributed by atoms with Crippen LogP contribution in [0.5, 0.6) is 0 Å². The van der Waals surface area contributed by atoms with Crippen molar-refractivity contribution in [3.63, 3.8) is 0 Å². The number of nitrogens with zero attached hydrogens (tertiary/aromatic N) is 1. The van der Waals surface area contributed by atoms with E-state index in [0.29, 0.717) is 0 Å². The molecule has 17 heavy (non-hydrogen) atoms. The predicted molar refractivity (Wildman–Crippen MR) is 83.3 cm³/mol. The molecule has 0 aliphatic carbocycles. The third-order valence-electron chi connectivity index (χ3n) is 1.93. The van der Waals surface area contributed by atoms with E-state index in [1.807, 2.05) is 13.8 Å². The minimum absolute atomic E-state index is 0.958. The van der Waals surface area contributed by atoms with E-state index in [0.717, 1.165) is 18.1 Å². The molecule has 0 unspecified atom stereocenters. The van der Waals surface area contributed by atoms with Crippen LogP contribution in [0, 0.1) is 0 Å². The first kappa shape index (κ1) is 18.9. The maximum absolute atomic E-state index is 3.97. The minimum atomic E-state index is 0.958. The van der Waals surface area contributed by atoms with Gasteiger partial charge < -0.3 is 10.2 Å². The second-order valence-electron chi connectivity index (χ2n) is 3.99. The molecule has 102 valence electrons. The molecule has 0 aliphatic heterocycles. The highest BCUT2D eigenvalue weighted by Gasteiger charge is 1.94. The van der Waals surface area contributed by atoms with Crippen molar-refractivity contribution >= 4 is 11.8 Å². The van der Waals surface area contributed by atoms with Crippen molar-refractivity contribution in [2.45, 2.75) is 40.5 Å². The zero-order chi connectivity index (χ0) is 13.7. The van der Waals surface area contributed by atoms with Crippen LogP contribution < -0.4 is 5.32 Å². The van der Waals surface area contributed by atoms with Gasteiger partial charge >= 0.3 is 0 Å². The summed E-state index contributed by atoms with van der Waals surface area (Å²) in [5.74, 6) is 0. The van der Waals surface area contributed by atoms with Crippen LogP contribution in [0.2, 0.25) is 0 Å². The van der Waals surface area contributed by atoms with Crippen LogP contribution in [-0.2, 0) is 0 Å². The van der Waals surface area contributed by atoms with Gasteiger partial charge in [0.05, 0.1) is 5.03 Å². The van der Waals surface area contributed by atoms with Gasteiger partial charge in [-0.2, -0.15) is 0 Å². The normalized spacial score (nSPS) is 10.9. The summed E-state index contributed by atoms with van der Waals surface area (Å²) in [5.41, 5.74) is 1.43. The van der Waals surface area contributed by atoms with Gasteiger partial charge in [0.1, 0.15) is 0 Å². The van der Waals surface area contributed by atoms with Crippen LogP contribution in [0.1, 0.15) is 40.5 Å². The van der Waals surface area contributed by atoms with Crippen LogP contribution in [0.4, 0.5) is 0 Å². The summed E-state index contributed by atoms with van der Waals surface area (Å²) < 4.78 is 0. The van der Waals surface area contributed by atoms with Crippen molar-refractivity contribution in [1.29, 1.82) is 0 Å². The standard InChI is InChI=1S/C12H24N2S.C2H6/c1-6-7-11(2)10-15-12(3)13-8-9-14(4)5;1-2/h10,13H,3,6-9H2,1-2,4-5H3;1-2H3/b11-10-;. The molecule has 0 amide bonds. The molecule has 2 nitrogen and oxygen atoms in total. The van der Waals surface area contributed by atoms with Gasteiger partial charge in [0.25, 0.3) is 0 Å². The number of hydrogen-bond donors (Lipinski definition) is 1. The Bertz CT molecular complexity index is 210. The summed E-state index contributed by atoms with van der Waals surface area (Å²) in [7, 11) is 4.14. The SMILES string of the molecule is C=C(NCCN(C)C)S/C=C(/C)CCC.CC. The van der Waals surface area contributed by atoms with Gasteiger partial charge in [0.2, 0.25) is 0 Å². The number of rotatable bonds is 8. The smallest absolute Gasteiger partial charge is 0.0651 e. The highest BCUT2D eigenvalue weighted by atomic mass is 32.2. The van der Waals surface area contributed by atoms with E-state index in [1.54, 1.807) is 11.8 Å². The van der Waals surface area contributed by atoms with E-state index in [4.69, 9.17) is 0 Å². The lowest BCUT2D eigenvalue weighted by Crippen LogP contribution is -2.24. The molecule has 1 N–H and O–H groups in total. The largest absolute Gasteiger partial charge is 0.379 e. The molecule has 0 saturated heterocycles. The molecule has 0 aromatic rings. The van der Waals surface area contributed by atoms with Crippen LogP contribution in [-0.4, -0.2) is 32.1 Å². The molecule has 3 heteroatoms. The zero-order valence-corrected chi connectivity index (χ0v) is 13.3. The average Bonchev–Trinajstić information content (AvgIpc) is 2.29. The molecule has 0 aromatic carbocycles. The van der Waals surface area contributed by atoms with Crippen molar-refractivity contribution in [3.05, 3.63) is 22.6 Å². The van der Waals surface area contributed by atoms with Gasteiger partial charge in [-0.25, -0.2) is 0 Å². The maximum Gasteiger partial charge on any atom is 0.0651 e. The fourth-order valence-corrected chi connectivity index (χ4v) is 1.73. The van der Waals surface area contributed by atoms with E-state index < -0.39 is 0 Å². The lowest BCUT2D eigenvalue weighted by molar-refractivity contribution is 0.409. The van der Waals surface area contributed by atoms with Crippen molar-refractivity contribution in [3.8, 4) is 0 Å². The topological polar surface area (TPSA) is 15.3 Å². The zero-order valence-electron chi connectivity index (χ0n) is 12.5. The van der Waals surface area contributed by atoms with Gasteiger partial charge in [0.15, 0.2) is 0 Å². The monoisotopic (exact) mass is 258 g/mol. The fourth-order valence-electron chi connectivity index (χ4n) is 1.09. The van der Waals surface area contributed by atoms with Crippen LogP contribution >= 0.6 is 11.8 Å². The summed E-state index contributed by atoms with van der Waals surface area (Å²) in [6, 6.07) is 0. The first-order valence-electron chi connectivity index (χ1n) is 6.46. The molecule has 0 atom stereocenters. The van der Waals surface area contributed by atoms with E-state index in [1.165, 1.54) is 18.4 Å². The Kier molecular flexibility index (Phi) is 15.2. The van der Waals surface area contributed by atoms with Gasteiger partial charge in [-0.1, -0.05) is 51.1 Å². The number of likely N-dealkylation sites (N-methyl/N-ethyl adjacent to an activating group) is 1. The maximum atomic E-state index is 3.97. The molecule has 0 radical (unpaired) electrons. The lowest BCUT2D eigenvalue weighted by Gasteiger charge is -2.11. The first-order valence-corrected chi connectivity index (χ1v) is 7.34. The summed E-state index contributed by atoms with van der Waals surface area (Å²) >= 11 is 1.69. The van der Waals surface area contributed by atoms with Gasteiger partial charge in [-0.05, 0) is 32.8 Å². The van der Waals surface area contributed by atoms with Crippen LogP contribution in [0.25, 0.3) is 0 Å². The Morgan fingerprint density at radius 2 is 1.94 bits per heavy atom. The van der Waals surface area contributed by atoms with Crippen molar-refractivity contribution in [1.82, 2.24) is 10.2 Å². The fraction of sp³-hybridized carbons (Fsp3) is 0.714. The summed E-state index contributed by atoms with van der Waals surface area (Å²) in [6.45, 7) is 14.3. The van der Waals surface area contributed by atoms with E-state index in [-0.39, 0.29) is 0 Å². The molecule has 0 fully saturated rings. The predicted octanol–water partition coefficient (Wildman–Crippen LogP) is 4.07. The molecule has 0 aliphatic rings. The molecule has 0 heterocycles. The minimum Gasteiger partial charge on any atom is -0.379 e. The Labute approximate surface area is 113 Å². The molecular formula is C14H30N2S. The van der Waals surface area contributed by atoms with E-state index in [9.17, 15) is 0 Å². The summed E-state index contributed by atoms with van der Waals surface area (Å²) in [4.78, 5) is 2.16. The second-order valence-corrected chi connectivity index (χ2v) is 4.95. The van der Waals surface area contributed by atoms with Gasteiger partial charge in [0, 0.05) is 13.1 Å². The Morgan fingerprint density at radius 1 is 1.35 bits per heavy atom. The Hall–Kier alpha value is -0.410. The first-order chi connectivity index (χ1) is 8.06. The molecule has 0 saturated carbocycles. The Balaban J connectivity index is 0. The van der Waals surface area contributed by atoms with Crippen molar-refractivity contribution < 1.29 is 0 Å². The molecule has 0 aromatic heterocycles. The summed E-state index contributed by atoms with van der Waals surface area (Å²) in [5, 5.41) is 6.52. The highest BCUT2D eigenvalue weighted by Crippen LogP contribution is 2.16. The second kappa shape index (κ2) is 13.7. The molecule has 0 spiro atoms. The highest BCUT2D eigenvalue weighted by molar-refractivity contribution is 8.05. The quantitative estimate of drug-likeness (QED) is 0.706. The lowest BCUT2D eigenvalue weighted by atomic mass is 10.2. The molecular weight excluding hydrogens is 228 g/mol. The number of allylic oxidation sites excluding steroid dienone is 1. The number of hydrogen-bond acceptors (Lipinski definition) is 3. The van der Waals surface area contributed by atoms with Gasteiger partial charge in [-0.3, -0.25) is 0 Å². The van der Waals surface area contributed by atoms with Crippen molar-refractivity contribution in [2.75, 3.05) is 27.2 Å². The van der Waals surface area contributed by atoms with E-state index in [2.05, 4.69) is 50.1 Å². The number of thioether (sulfide) groups is 1. The van der Waals surface area contributed by atoms with Gasteiger partial charge in [-0.15, -0.1) is 0 Å². The third-order valence-corrected chi connectivity index (χ3v) is 2.88. The van der Waals surface area contributed by atoms with Crippen LogP contribution in [0.15, 0.2) is 22.6 Å². The van der Waals surface area contributed by atoms with Crippen molar-refractivity contribution in [2.24, 2.45) is 0 Å². The molecule has 0 rings (SSSR count). The van der Waals surface area contributed by atoms with E-state index >= 15 is 0 Å². The summed E-state index contributed by atoms with van der Waals surface area (Å²) in [6.07, 6.45) is 2.39. The number of nitrogens with one attached hydrogen (secondary N) is 1.